The van der Waals surface area contributed by atoms with Gasteiger partial charge >= 0.3 is 0 Å². The Morgan fingerprint density at radius 3 is 2.50 bits per heavy atom. The maximum Gasteiger partial charge on any atom is 0.249 e. The Morgan fingerprint density at radius 1 is 1.00 bits per heavy atom. The molecular formula is C21H16N4O3. The van der Waals surface area contributed by atoms with Gasteiger partial charge in [0, 0.05) is 24.4 Å². The molecule has 0 saturated carbocycles. The molecule has 0 aliphatic heterocycles. The zero-order valence-corrected chi connectivity index (χ0v) is 15.0. The molecule has 28 heavy (non-hydrogen) atoms. The number of benzene rings is 2. The van der Waals surface area contributed by atoms with Gasteiger partial charge in [0.1, 0.15) is 5.75 Å². The number of imidazole rings is 1. The van der Waals surface area contributed by atoms with Gasteiger partial charge < -0.3 is 9.72 Å². The number of fused-ring (bicyclic) bond motifs is 1. The van der Waals surface area contributed by atoms with E-state index in [-0.39, 0.29) is 29.0 Å². The van der Waals surface area contributed by atoms with Crippen molar-refractivity contribution in [3.63, 3.8) is 0 Å². The minimum atomic E-state index is -0.218. The van der Waals surface area contributed by atoms with Crippen molar-refractivity contribution in [1.82, 2.24) is 19.9 Å². The number of carbonyl (C=O) groups excluding carboxylic acids is 2. The molecule has 0 fully saturated rings. The van der Waals surface area contributed by atoms with Gasteiger partial charge in [-0.15, -0.1) is 0 Å². The number of carbonyl (C=O) groups is 2. The lowest BCUT2D eigenvalue weighted by molar-refractivity contribution is 0.0979. The van der Waals surface area contributed by atoms with E-state index in [4.69, 9.17) is 4.74 Å². The summed E-state index contributed by atoms with van der Waals surface area (Å²) in [6, 6.07) is 14.0. The van der Waals surface area contributed by atoms with Gasteiger partial charge in [-0.3, -0.25) is 9.59 Å². The number of rotatable bonds is 6. The Bertz CT molecular complexity index is 1130. The molecule has 138 valence electrons. The van der Waals surface area contributed by atoms with E-state index in [1.807, 2.05) is 24.3 Å². The molecule has 7 nitrogen and oxygen atoms in total. The van der Waals surface area contributed by atoms with Crippen LogP contribution in [0.25, 0.3) is 11.0 Å². The molecule has 4 aromatic rings. The molecule has 1 N–H and O–H groups in total. The van der Waals surface area contributed by atoms with Crippen LogP contribution in [-0.2, 0) is 0 Å². The molecule has 7 heteroatoms. The molecule has 0 aliphatic rings. The Hall–Kier alpha value is -3.87. The van der Waals surface area contributed by atoms with Crippen molar-refractivity contribution in [3.05, 3.63) is 78.0 Å². The first-order valence-corrected chi connectivity index (χ1v) is 8.77. The van der Waals surface area contributed by atoms with E-state index in [0.29, 0.717) is 17.7 Å². The van der Waals surface area contributed by atoms with Crippen LogP contribution in [0.1, 0.15) is 40.0 Å². The third-order valence-corrected chi connectivity index (χ3v) is 4.19. The van der Waals surface area contributed by atoms with Gasteiger partial charge in [-0.1, -0.05) is 19.1 Å². The molecule has 0 radical (unpaired) electrons. The molecule has 0 amide bonds. The fraction of sp³-hybridized carbons (Fsp3) is 0.0952. The third-order valence-electron chi connectivity index (χ3n) is 4.19. The maximum absolute atomic E-state index is 12.7. The van der Waals surface area contributed by atoms with Crippen LogP contribution in [0, 0.1) is 0 Å². The quantitative estimate of drug-likeness (QED) is 0.514. The van der Waals surface area contributed by atoms with E-state index in [9.17, 15) is 9.59 Å². The first-order valence-electron chi connectivity index (χ1n) is 8.77. The van der Waals surface area contributed by atoms with Gasteiger partial charge in [0.25, 0.3) is 0 Å². The predicted molar refractivity (Wildman–Crippen MR) is 103 cm³/mol. The normalized spacial score (nSPS) is 10.8. The lowest BCUT2D eigenvalue weighted by atomic mass is 10.1. The molecule has 2 heterocycles. The molecule has 0 aliphatic carbocycles. The number of ketones is 2. The van der Waals surface area contributed by atoms with Crippen LogP contribution in [-0.4, -0.2) is 31.5 Å². The zero-order chi connectivity index (χ0) is 19.5. The maximum atomic E-state index is 12.7. The van der Waals surface area contributed by atoms with E-state index in [2.05, 4.69) is 19.9 Å². The predicted octanol–water partition coefficient (Wildman–Crippen LogP) is 3.97. The van der Waals surface area contributed by atoms with Gasteiger partial charge in [-0.25, -0.2) is 15.0 Å². The topological polar surface area (TPSA) is 97.8 Å². The second kappa shape index (κ2) is 7.40. The highest BCUT2D eigenvalue weighted by Crippen LogP contribution is 2.23. The van der Waals surface area contributed by atoms with Crippen LogP contribution in [0.15, 0.2) is 60.9 Å². The summed E-state index contributed by atoms with van der Waals surface area (Å²) >= 11 is 0. The molecule has 0 saturated heterocycles. The third kappa shape index (κ3) is 3.37. The van der Waals surface area contributed by atoms with E-state index in [0.717, 1.165) is 11.0 Å². The minimum Gasteiger partial charge on any atom is -0.437 e. The number of nitrogens with zero attached hydrogens (tertiary/aromatic N) is 3. The Labute approximate surface area is 160 Å². The van der Waals surface area contributed by atoms with Crippen LogP contribution in [0.5, 0.6) is 11.6 Å². The standard InChI is InChI=1S/C21H16N4O3/c1-2-17(26)18-21(23-12-11-22-18)28-14-9-7-13(8-10-14)19(27)20-24-15-5-3-4-6-16(15)25-20/h3-12H,2H2,1H3,(H,24,25). The number of para-hydroxylation sites is 2. The van der Waals surface area contributed by atoms with Crippen LogP contribution >= 0.6 is 0 Å². The van der Waals surface area contributed by atoms with Crippen molar-refractivity contribution in [2.24, 2.45) is 0 Å². The average Bonchev–Trinajstić information content (AvgIpc) is 3.18. The Kier molecular flexibility index (Phi) is 4.63. The molecular weight excluding hydrogens is 356 g/mol. The molecule has 0 bridgehead atoms. The Morgan fingerprint density at radius 2 is 1.75 bits per heavy atom. The van der Waals surface area contributed by atoms with Gasteiger partial charge in [0.05, 0.1) is 11.0 Å². The zero-order valence-electron chi connectivity index (χ0n) is 15.0. The summed E-state index contributed by atoms with van der Waals surface area (Å²) in [6.07, 6.45) is 3.21. The number of Topliss-reactive ketones (excluding diaryl/α,β-unsaturated/α-hetero) is 1. The molecule has 4 rings (SSSR count). The summed E-state index contributed by atoms with van der Waals surface area (Å²) in [4.78, 5) is 40.1. The van der Waals surface area contributed by atoms with E-state index in [1.165, 1.54) is 12.4 Å². The second-order valence-corrected chi connectivity index (χ2v) is 6.04. The largest absolute Gasteiger partial charge is 0.437 e. The summed E-state index contributed by atoms with van der Waals surface area (Å²) in [6.45, 7) is 1.75. The van der Waals surface area contributed by atoms with Crippen molar-refractivity contribution < 1.29 is 14.3 Å². The Balaban J connectivity index is 1.56. The fourth-order valence-electron chi connectivity index (χ4n) is 2.74. The SMILES string of the molecule is CCC(=O)c1nccnc1Oc1ccc(C(=O)c2nc3ccccc3[nH]2)cc1. The number of hydrogen-bond acceptors (Lipinski definition) is 6. The van der Waals surface area contributed by atoms with Crippen molar-refractivity contribution >= 4 is 22.6 Å². The molecule has 2 aromatic carbocycles. The lowest BCUT2D eigenvalue weighted by Crippen LogP contribution is -2.05. The number of hydrogen-bond donors (Lipinski definition) is 1. The van der Waals surface area contributed by atoms with Crippen molar-refractivity contribution in [2.75, 3.05) is 0 Å². The first kappa shape index (κ1) is 17.5. The van der Waals surface area contributed by atoms with E-state index < -0.39 is 0 Å². The number of nitrogens with one attached hydrogen (secondary N) is 1. The highest BCUT2D eigenvalue weighted by molar-refractivity contribution is 6.08. The molecule has 2 aromatic heterocycles. The average molecular weight is 372 g/mol. The summed E-state index contributed by atoms with van der Waals surface area (Å²) < 4.78 is 5.69. The van der Waals surface area contributed by atoms with E-state index >= 15 is 0 Å². The van der Waals surface area contributed by atoms with Gasteiger partial charge in [-0.2, -0.15) is 0 Å². The highest BCUT2D eigenvalue weighted by atomic mass is 16.5. The number of aromatic amines is 1. The second-order valence-electron chi connectivity index (χ2n) is 6.04. The number of aromatic nitrogens is 4. The van der Waals surface area contributed by atoms with Crippen LogP contribution in [0.4, 0.5) is 0 Å². The molecule has 0 unspecified atom stereocenters. The van der Waals surface area contributed by atoms with E-state index in [1.54, 1.807) is 31.2 Å². The summed E-state index contributed by atoms with van der Waals surface area (Å²) in [7, 11) is 0. The van der Waals surface area contributed by atoms with Crippen molar-refractivity contribution in [2.45, 2.75) is 13.3 Å². The minimum absolute atomic E-state index is 0.144. The summed E-state index contributed by atoms with van der Waals surface area (Å²) in [5, 5.41) is 0. The van der Waals surface area contributed by atoms with Gasteiger partial charge in [0.2, 0.25) is 11.7 Å². The van der Waals surface area contributed by atoms with Gasteiger partial charge in [-0.05, 0) is 36.4 Å². The highest BCUT2D eigenvalue weighted by Gasteiger charge is 2.16. The fourth-order valence-corrected chi connectivity index (χ4v) is 2.74. The lowest BCUT2D eigenvalue weighted by Gasteiger charge is -2.08. The molecule has 0 atom stereocenters. The van der Waals surface area contributed by atoms with Crippen LogP contribution in [0.3, 0.4) is 0 Å². The first-order chi connectivity index (χ1) is 13.7. The monoisotopic (exact) mass is 372 g/mol. The van der Waals surface area contributed by atoms with Crippen LogP contribution < -0.4 is 4.74 Å². The molecule has 0 spiro atoms. The van der Waals surface area contributed by atoms with Crippen molar-refractivity contribution in [3.8, 4) is 11.6 Å². The van der Waals surface area contributed by atoms with Gasteiger partial charge in [0.15, 0.2) is 17.3 Å². The number of H-pyrrole nitrogens is 1. The van der Waals surface area contributed by atoms with Crippen molar-refractivity contribution in [1.29, 1.82) is 0 Å². The summed E-state index contributed by atoms with van der Waals surface area (Å²) in [5.74, 6) is 0.501. The summed E-state index contributed by atoms with van der Waals surface area (Å²) in [5.41, 5.74) is 2.20. The van der Waals surface area contributed by atoms with Crippen LogP contribution in [0.2, 0.25) is 0 Å². The smallest absolute Gasteiger partial charge is 0.249 e. The number of ether oxygens (including phenoxy) is 1.